The minimum Gasteiger partial charge on any atom is -0.497 e. The summed E-state index contributed by atoms with van der Waals surface area (Å²) in [7, 11) is 1.71. The number of ether oxygens (including phenoxy) is 2. The van der Waals surface area contributed by atoms with Crippen LogP contribution in [0, 0.1) is 11.3 Å². The van der Waals surface area contributed by atoms with E-state index in [0.29, 0.717) is 11.5 Å². The monoisotopic (exact) mass is 402 g/mol. The van der Waals surface area contributed by atoms with Crippen molar-refractivity contribution in [1.29, 1.82) is 0 Å². The minimum absolute atomic E-state index is 0.159. The van der Waals surface area contributed by atoms with Crippen LogP contribution >= 0.6 is 22.6 Å². The fourth-order valence-corrected chi connectivity index (χ4v) is 4.36. The molecule has 21 heavy (non-hydrogen) atoms. The van der Waals surface area contributed by atoms with Crippen molar-refractivity contribution in [2.45, 2.75) is 52.2 Å². The average Bonchev–Trinajstić information content (AvgIpc) is 2.42. The summed E-state index contributed by atoms with van der Waals surface area (Å²) >= 11 is 2.42. The number of benzene rings is 1. The molecule has 0 bridgehead atoms. The first-order valence-corrected chi connectivity index (χ1v) is 9.31. The van der Waals surface area contributed by atoms with Gasteiger partial charge in [0, 0.05) is 4.43 Å². The molecule has 0 aromatic heterocycles. The lowest BCUT2D eigenvalue weighted by molar-refractivity contribution is -0.0574. The normalized spacial score (nSPS) is 26.3. The topological polar surface area (TPSA) is 18.5 Å². The molecule has 0 N–H and O–H groups in total. The molecule has 0 amide bonds. The minimum atomic E-state index is 0.159. The summed E-state index contributed by atoms with van der Waals surface area (Å²) < 4.78 is 12.8. The van der Waals surface area contributed by atoms with Crippen LogP contribution in [0.3, 0.4) is 0 Å². The summed E-state index contributed by atoms with van der Waals surface area (Å²) in [6.07, 6.45) is 4.18. The lowest BCUT2D eigenvalue weighted by Crippen LogP contribution is -2.33. The number of hydrogen-bond donors (Lipinski definition) is 0. The van der Waals surface area contributed by atoms with Crippen LogP contribution < -0.4 is 4.74 Å². The maximum Gasteiger partial charge on any atom is 0.119 e. The van der Waals surface area contributed by atoms with Crippen LogP contribution in [0.5, 0.6) is 5.75 Å². The Hall–Kier alpha value is -0.290. The molecule has 0 aliphatic heterocycles. The molecule has 0 spiro atoms. The third-order valence-electron chi connectivity index (χ3n) is 4.31. The van der Waals surface area contributed by atoms with Crippen molar-refractivity contribution < 1.29 is 9.47 Å². The van der Waals surface area contributed by atoms with Gasteiger partial charge < -0.3 is 9.47 Å². The average molecular weight is 402 g/mol. The fourth-order valence-electron chi connectivity index (χ4n) is 3.64. The van der Waals surface area contributed by atoms with E-state index in [2.05, 4.69) is 55.5 Å². The maximum absolute atomic E-state index is 6.47. The van der Waals surface area contributed by atoms with Gasteiger partial charge in [-0.2, -0.15) is 0 Å². The molecular formula is C18H27IO2. The molecule has 3 unspecified atom stereocenters. The van der Waals surface area contributed by atoms with E-state index in [1.54, 1.807) is 7.11 Å². The molecule has 1 aliphatic rings. The van der Waals surface area contributed by atoms with Crippen LogP contribution in [0.25, 0.3) is 0 Å². The molecule has 1 aromatic carbocycles. The van der Waals surface area contributed by atoms with Gasteiger partial charge in [0.15, 0.2) is 0 Å². The van der Waals surface area contributed by atoms with Crippen LogP contribution in [0.4, 0.5) is 0 Å². The van der Waals surface area contributed by atoms with E-state index in [4.69, 9.17) is 9.47 Å². The summed E-state index contributed by atoms with van der Waals surface area (Å²) in [4.78, 5) is 0. The summed E-state index contributed by atoms with van der Waals surface area (Å²) in [6, 6.07) is 8.27. The first-order valence-electron chi connectivity index (χ1n) is 7.79. The van der Waals surface area contributed by atoms with Crippen LogP contribution in [0.2, 0.25) is 0 Å². The number of hydrogen-bond acceptors (Lipinski definition) is 2. The van der Waals surface area contributed by atoms with Crippen molar-refractivity contribution in [3.8, 4) is 5.75 Å². The van der Waals surface area contributed by atoms with Crippen molar-refractivity contribution in [3.05, 3.63) is 29.8 Å². The zero-order valence-electron chi connectivity index (χ0n) is 13.6. The molecule has 1 aromatic rings. The third kappa shape index (κ3) is 4.85. The van der Waals surface area contributed by atoms with Crippen LogP contribution in [-0.2, 0) is 4.74 Å². The summed E-state index contributed by atoms with van der Waals surface area (Å²) in [5, 5.41) is 0. The SMILES string of the molecule is COc1cccc(C(CI)OC2CC(C)CC(C)(C)C2)c1. The first kappa shape index (κ1) is 17.1. The highest BCUT2D eigenvalue weighted by atomic mass is 127. The van der Waals surface area contributed by atoms with Gasteiger partial charge in [0.1, 0.15) is 5.75 Å². The maximum atomic E-state index is 6.47. The van der Waals surface area contributed by atoms with Crippen LogP contribution in [0.15, 0.2) is 24.3 Å². The summed E-state index contributed by atoms with van der Waals surface area (Å²) in [5.41, 5.74) is 1.62. The van der Waals surface area contributed by atoms with Gasteiger partial charge in [0.05, 0.1) is 19.3 Å². The predicted octanol–water partition coefficient (Wildman–Crippen LogP) is 5.40. The zero-order valence-corrected chi connectivity index (χ0v) is 15.7. The highest BCUT2D eigenvalue weighted by Crippen LogP contribution is 2.41. The largest absolute Gasteiger partial charge is 0.497 e. The predicted molar refractivity (Wildman–Crippen MR) is 96.3 cm³/mol. The first-order chi connectivity index (χ1) is 9.93. The Morgan fingerprint density at radius 1 is 1.33 bits per heavy atom. The van der Waals surface area contributed by atoms with Gasteiger partial charge in [-0.3, -0.25) is 0 Å². The van der Waals surface area contributed by atoms with Gasteiger partial charge in [0.25, 0.3) is 0 Å². The quantitative estimate of drug-likeness (QED) is 0.485. The number of alkyl halides is 1. The Balaban J connectivity index is 2.07. The fraction of sp³-hybridized carbons (Fsp3) is 0.667. The Labute approximate surface area is 142 Å². The van der Waals surface area contributed by atoms with Crippen molar-refractivity contribution in [3.63, 3.8) is 0 Å². The molecule has 0 radical (unpaired) electrons. The lowest BCUT2D eigenvalue weighted by Gasteiger charge is -2.40. The molecule has 3 heteroatoms. The Morgan fingerprint density at radius 2 is 2.10 bits per heavy atom. The van der Waals surface area contributed by atoms with E-state index >= 15 is 0 Å². The molecule has 3 atom stereocenters. The Bertz CT molecular complexity index is 458. The molecule has 0 heterocycles. The molecule has 1 aliphatic carbocycles. The van der Waals surface area contributed by atoms with Crippen molar-refractivity contribution in [2.75, 3.05) is 11.5 Å². The van der Waals surface area contributed by atoms with E-state index in [-0.39, 0.29) is 6.10 Å². The van der Waals surface area contributed by atoms with E-state index in [1.807, 2.05) is 12.1 Å². The van der Waals surface area contributed by atoms with Crippen molar-refractivity contribution in [2.24, 2.45) is 11.3 Å². The molecule has 1 saturated carbocycles. The smallest absolute Gasteiger partial charge is 0.119 e. The second kappa shape index (κ2) is 7.32. The molecule has 1 fully saturated rings. The lowest BCUT2D eigenvalue weighted by atomic mass is 9.71. The van der Waals surface area contributed by atoms with E-state index < -0.39 is 0 Å². The standard InChI is InChI=1S/C18H27IO2/c1-13-8-16(11-18(2,3)10-13)21-17(12-19)14-6-5-7-15(9-14)20-4/h5-7,9,13,16-17H,8,10-12H2,1-4H3. The molecule has 2 nitrogen and oxygen atoms in total. The number of methoxy groups -OCH3 is 1. The summed E-state index contributed by atoms with van der Waals surface area (Å²) in [6.45, 7) is 7.08. The van der Waals surface area contributed by atoms with Gasteiger partial charge in [-0.1, -0.05) is 55.5 Å². The highest BCUT2D eigenvalue weighted by Gasteiger charge is 2.33. The van der Waals surface area contributed by atoms with Gasteiger partial charge >= 0.3 is 0 Å². The Morgan fingerprint density at radius 3 is 2.71 bits per heavy atom. The second-order valence-corrected chi connectivity index (χ2v) is 7.97. The third-order valence-corrected chi connectivity index (χ3v) is 5.11. The van der Waals surface area contributed by atoms with Gasteiger partial charge in [0.2, 0.25) is 0 Å². The van der Waals surface area contributed by atoms with E-state index in [9.17, 15) is 0 Å². The molecular weight excluding hydrogens is 375 g/mol. The summed E-state index contributed by atoms with van der Waals surface area (Å²) in [5.74, 6) is 1.65. The molecule has 0 saturated heterocycles. The van der Waals surface area contributed by atoms with E-state index in [0.717, 1.165) is 22.5 Å². The van der Waals surface area contributed by atoms with Crippen LogP contribution in [-0.4, -0.2) is 17.6 Å². The van der Waals surface area contributed by atoms with Gasteiger partial charge in [-0.25, -0.2) is 0 Å². The second-order valence-electron chi connectivity index (χ2n) is 7.09. The van der Waals surface area contributed by atoms with Crippen molar-refractivity contribution in [1.82, 2.24) is 0 Å². The van der Waals surface area contributed by atoms with Crippen molar-refractivity contribution >= 4 is 22.6 Å². The van der Waals surface area contributed by atoms with Gasteiger partial charge in [-0.05, 0) is 48.3 Å². The zero-order chi connectivity index (χ0) is 15.5. The van der Waals surface area contributed by atoms with Crippen LogP contribution in [0.1, 0.15) is 51.7 Å². The number of halogens is 1. The molecule has 118 valence electrons. The number of rotatable bonds is 5. The van der Waals surface area contributed by atoms with Gasteiger partial charge in [-0.15, -0.1) is 0 Å². The molecule has 2 rings (SSSR count). The van der Waals surface area contributed by atoms with E-state index in [1.165, 1.54) is 18.4 Å². The highest BCUT2D eigenvalue weighted by molar-refractivity contribution is 14.1. The Kier molecular flexibility index (Phi) is 5.95.